The maximum atomic E-state index is 12.3. The molecule has 0 spiro atoms. The zero-order chi connectivity index (χ0) is 14.8. The van der Waals surface area contributed by atoms with Crippen LogP contribution in [0.2, 0.25) is 0 Å². The number of nitrogens with one attached hydrogen (secondary N) is 1. The van der Waals surface area contributed by atoms with Gasteiger partial charge in [0, 0.05) is 6.04 Å². The number of hydrogen-bond acceptors (Lipinski definition) is 2. The third kappa shape index (κ3) is 4.48. The maximum Gasteiger partial charge on any atom is 0.237 e. The van der Waals surface area contributed by atoms with Crippen LogP contribution < -0.4 is 11.1 Å². The SMILES string of the molecule is CC1CCC(C(C)C)C(NC(=O)[C@H](N)C(C)(C)C)C1. The Kier molecular flexibility index (Phi) is 5.43. The van der Waals surface area contributed by atoms with Crippen molar-refractivity contribution in [3.05, 3.63) is 0 Å². The van der Waals surface area contributed by atoms with E-state index in [2.05, 4.69) is 26.1 Å². The van der Waals surface area contributed by atoms with Gasteiger partial charge >= 0.3 is 0 Å². The highest BCUT2D eigenvalue weighted by molar-refractivity contribution is 5.82. The van der Waals surface area contributed by atoms with Crippen molar-refractivity contribution in [2.75, 3.05) is 0 Å². The van der Waals surface area contributed by atoms with Gasteiger partial charge in [-0.05, 0) is 36.0 Å². The molecule has 0 aromatic carbocycles. The quantitative estimate of drug-likeness (QED) is 0.827. The number of hydrogen-bond donors (Lipinski definition) is 2. The van der Waals surface area contributed by atoms with E-state index in [1.165, 1.54) is 12.8 Å². The smallest absolute Gasteiger partial charge is 0.237 e. The van der Waals surface area contributed by atoms with Crippen LogP contribution in [-0.4, -0.2) is 18.0 Å². The first-order chi connectivity index (χ1) is 8.62. The van der Waals surface area contributed by atoms with E-state index in [4.69, 9.17) is 5.73 Å². The minimum Gasteiger partial charge on any atom is -0.352 e. The molecule has 1 rings (SSSR count). The molecule has 3 N–H and O–H groups in total. The van der Waals surface area contributed by atoms with Crippen molar-refractivity contribution >= 4 is 5.91 Å². The van der Waals surface area contributed by atoms with Crippen LogP contribution in [0.25, 0.3) is 0 Å². The Hall–Kier alpha value is -0.570. The van der Waals surface area contributed by atoms with Gasteiger partial charge in [0.15, 0.2) is 0 Å². The summed E-state index contributed by atoms with van der Waals surface area (Å²) in [7, 11) is 0. The van der Waals surface area contributed by atoms with Gasteiger partial charge in [0.25, 0.3) is 0 Å². The molecule has 3 nitrogen and oxygen atoms in total. The van der Waals surface area contributed by atoms with Crippen molar-refractivity contribution in [1.29, 1.82) is 0 Å². The zero-order valence-electron chi connectivity index (χ0n) is 13.5. The van der Waals surface area contributed by atoms with E-state index >= 15 is 0 Å². The molecule has 1 aliphatic rings. The molecule has 0 bridgehead atoms. The summed E-state index contributed by atoms with van der Waals surface area (Å²) in [6.07, 6.45) is 3.58. The second-order valence-corrected chi connectivity index (χ2v) is 7.78. The van der Waals surface area contributed by atoms with E-state index in [1.54, 1.807) is 0 Å². The van der Waals surface area contributed by atoms with Crippen molar-refractivity contribution in [1.82, 2.24) is 5.32 Å². The lowest BCUT2D eigenvalue weighted by atomic mass is 9.73. The molecule has 3 unspecified atom stereocenters. The first-order valence-corrected chi connectivity index (χ1v) is 7.69. The van der Waals surface area contributed by atoms with Crippen molar-refractivity contribution in [2.24, 2.45) is 28.9 Å². The van der Waals surface area contributed by atoms with Gasteiger partial charge in [0.1, 0.15) is 0 Å². The second kappa shape index (κ2) is 6.25. The Balaban J connectivity index is 2.69. The van der Waals surface area contributed by atoms with Crippen LogP contribution >= 0.6 is 0 Å². The molecule has 0 aromatic heterocycles. The molecular weight excluding hydrogens is 236 g/mol. The average molecular weight is 268 g/mol. The topological polar surface area (TPSA) is 55.1 Å². The first kappa shape index (κ1) is 16.5. The maximum absolute atomic E-state index is 12.3. The molecule has 1 amide bonds. The van der Waals surface area contributed by atoms with E-state index in [0.29, 0.717) is 23.8 Å². The van der Waals surface area contributed by atoms with Gasteiger partial charge in [-0.15, -0.1) is 0 Å². The minimum atomic E-state index is -0.433. The van der Waals surface area contributed by atoms with Crippen LogP contribution in [0.15, 0.2) is 0 Å². The molecular formula is C16H32N2O. The largest absolute Gasteiger partial charge is 0.352 e. The minimum absolute atomic E-state index is 0.0113. The number of carbonyl (C=O) groups is 1. The van der Waals surface area contributed by atoms with E-state index < -0.39 is 6.04 Å². The standard InChI is InChI=1S/C16H32N2O/c1-10(2)12-8-7-11(3)9-13(12)18-15(19)14(17)16(4,5)6/h10-14H,7-9,17H2,1-6H3,(H,18,19)/t11?,12?,13?,14-/m0/s1. The molecule has 1 saturated carbocycles. The van der Waals surface area contributed by atoms with Crippen LogP contribution in [0.5, 0.6) is 0 Å². The Bertz CT molecular complexity index is 306. The monoisotopic (exact) mass is 268 g/mol. The predicted molar refractivity (Wildman–Crippen MR) is 80.7 cm³/mol. The van der Waals surface area contributed by atoms with E-state index in [1.807, 2.05) is 20.8 Å². The summed E-state index contributed by atoms with van der Waals surface area (Å²) in [4.78, 5) is 12.3. The number of carbonyl (C=O) groups excluding carboxylic acids is 1. The van der Waals surface area contributed by atoms with Crippen molar-refractivity contribution < 1.29 is 4.79 Å². The van der Waals surface area contributed by atoms with Crippen LogP contribution in [0.4, 0.5) is 0 Å². The van der Waals surface area contributed by atoms with Crippen LogP contribution in [-0.2, 0) is 4.79 Å². The fraction of sp³-hybridized carbons (Fsp3) is 0.938. The molecule has 3 heteroatoms. The molecule has 0 aromatic rings. The molecule has 0 radical (unpaired) electrons. The highest BCUT2D eigenvalue weighted by Crippen LogP contribution is 2.33. The summed E-state index contributed by atoms with van der Waals surface area (Å²) in [5, 5.41) is 3.22. The van der Waals surface area contributed by atoms with Gasteiger partial charge in [0.05, 0.1) is 6.04 Å². The molecule has 0 saturated heterocycles. The first-order valence-electron chi connectivity index (χ1n) is 7.69. The lowest BCUT2D eigenvalue weighted by molar-refractivity contribution is -0.126. The van der Waals surface area contributed by atoms with Gasteiger partial charge in [0.2, 0.25) is 5.91 Å². The fourth-order valence-electron chi connectivity index (χ4n) is 3.03. The van der Waals surface area contributed by atoms with Crippen LogP contribution in [0, 0.1) is 23.2 Å². The number of nitrogens with two attached hydrogens (primary N) is 1. The second-order valence-electron chi connectivity index (χ2n) is 7.78. The Morgan fingerprint density at radius 2 is 1.84 bits per heavy atom. The summed E-state index contributed by atoms with van der Waals surface area (Å²) >= 11 is 0. The Labute approximate surface area is 118 Å². The van der Waals surface area contributed by atoms with Crippen molar-refractivity contribution in [3.8, 4) is 0 Å². The Morgan fingerprint density at radius 1 is 1.26 bits per heavy atom. The predicted octanol–water partition coefficient (Wildman–Crippen LogP) is 2.94. The number of amides is 1. The van der Waals surface area contributed by atoms with Crippen LogP contribution in [0.3, 0.4) is 0 Å². The van der Waals surface area contributed by atoms with E-state index in [0.717, 1.165) is 6.42 Å². The molecule has 19 heavy (non-hydrogen) atoms. The Morgan fingerprint density at radius 3 is 2.32 bits per heavy atom. The van der Waals surface area contributed by atoms with Gasteiger partial charge < -0.3 is 11.1 Å². The summed E-state index contributed by atoms with van der Waals surface area (Å²) in [6, 6.07) is -0.137. The zero-order valence-corrected chi connectivity index (χ0v) is 13.5. The molecule has 4 atom stereocenters. The summed E-state index contributed by atoms with van der Waals surface area (Å²) in [6.45, 7) is 12.8. The lowest BCUT2D eigenvalue weighted by Crippen LogP contribution is -2.54. The molecule has 1 aliphatic carbocycles. The third-order valence-corrected chi connectivity index (χ3v) is 4.57. The lowest BCUT2D eigenvalue weighted by Gasteiger charge is -2.39. The van der Waals surface area contributed by atoms with E-state index in [-0.39, 0.29) is 11.3 Å². The molecule has 0 aliphatic heterocycles. The molecule has 0 heterocycles. The van der Waals surface area contributed by atoms with Gasteiger partial charge in [-0.1, -0.05) is 48.0 Å². The molecule has 1 fully saturated rings. The van der Waals surface area contributed by atoms with Crippen molar-refractivity contribution in [2.45, 2.75) is 72.9 Å². The molecule has 112 valence electrons. The van der Waals surface area contributed by atoms with Gasteiger partial charge in [-0.25, -0.2) is 0 Å². The summed E-state index contributed by atoms with van der Waals surface area (Å²) in [5.41, 5.74) is 5.87. The van der Waals surface area contributed by atoms with Crippen molar-refractivity contribution in [3.63, 3.8) is 0 Å². The van der Waals surface area contributed by atoms with Gasteiger partial charge in [-0.2, -0.15) is 0 Å². The average Bonchev–Trinajstić information content (AvgIpc) is 2.26. The normalized spacial score (nSPS) is 30.2. The van der Waals surface area contributed by atoms with E-state index in [9.17, 15) is 4.79 Å². The number of rotatable bonds is 3. The highest BCUT2D eigenvalue weighted by atomic mass is 16.2. The van der Waals surface area contributed by atoms with Gasteiger partial charge in [-0.3, -0.25) is 4.79 Å². The fourth-order valence-corrected chi connectivity index (χ4v) is 3.03. The van der Waals surface area contributed by atoms with Crippen LogP contribution in [0.1, 0.15) is 60.8 Å². The highest BCUT2D eigenvalue weighted by Gasteiger charge is 2.34. The summed E-state index contributed by atoms with van der Waals surface area (Å²) in [5.74, 6) is 1.92. The third-order valence-electron chi connectivity index (χ3n) is 4.57. The summed E-state index contributed by atoms with van der Waals surface area (Å²) < 4.78 is 0.